The van der Waals surface area contributed by atoms with Gasteiger partial charge in [-0.1, -0.05) is 0 Å². The van der Waals surface area contributed by atoms with Gasteiger partial charge in [0.2, 0.25) is 0 Å². The molecule has 0 unspecified atom stereocenters. The average molecular weight is 384 g/mol. The molecule has 1 saturated heterocycles. The molecule has 0 spiro atoms. The summed E-state index contributed by atoms with van der Waals surface area (Å²) < 4.78 is 15.2. The van der Waals surface area contributed by atoms with Gasteiger partial charge in [0.25, 0.3) is 5.91 Å². The largest absolute Gasteiger partial charge is 0.493 e. The molecule has 7 nitrogen and oxygen atoms in total. The number of carbonyl (C=O) groups is 2. The van der Waals surface area contributed by atoms with Gasteiger partial charge in [0.1, 0.15) is 0 Å². The monoisotopic (exact) mass is 384 g/mol. The molecule has 1 heterocycles. The minimum atomic E-state index is -0.350. The molecule has 1 aliphatic rings. The Hall–Kier alpha value is -3.22. The molecule has 0 aliphatic carbocycles. The molecule has 1 aliphatic heterocycles. The summed E-state index contributed by atoms with van der Waals surface area (Å²) in [6.07, 6.45) is 0. The lowest BCUT2D eigenvalue weighted by Crippen LogP contribution is -2.48. The van der Waals surface area contributed by atoms with Crippen molar-refractivity contribution < 1.29 is 23.8 Å². The minimum absolute atomic E-state index is 0.0263. The third-order valence-electron chi connectivity index (χ3n) is 4.85. The van der Waals surface area contributed by atoms with Crippen LogP contribution in [0.5, 0.6) is 11.5 Å². The molecule has 148 valence electrons. The maximum absolute atomic E-state index is 12.8. The van der Waals surface area contributed by atoms with Crippen molar-refractivity contribution in [1.82, 2.24) is 4.90 Å². The van der Waals surface area contributed by atoms with Crippen LogP contribution in [0.1, 0.15) is 20.7 Å². The standard InChI is InChI=1S/C21H24N2O5/c1-26-18-9-6-16(14-19(18)27-2)20(24)23-12-10-22(11-13-23)17-7-4-15(5-8-17)21(25)28-3/h4-9,14H,10-13H2,1-3H3. The van der Waals surface area contributed by atoms with Crippen LogP contribution in [0.3, 0.4) is 0 Å². The molecular formula is C21H24N2O5. The van der Waals surface area contributed by atoms with E-state index in [1.54, 1.807) is 44.6 Å². The number of piperazine rings is 1. The molecule has 1 amide bonds. The summed E-state index contributed by atoms with van der Waals surface area (Å²) in [6, 6.07) is 12.5. The second kappa shape index (κ2) is 8.65. The number of ether oxygens (including phenoxy) is 3. The van der Waals surface area contributed by atoms with Crippen molar-refractivity contribution in [1.29, 1.82) is 0 Å². The Morgan fingerprint density at radius 3 is 1.96 bits per heavy atom. The minimum Gasteiger partial charge on any atom is -0.493 e. The van der Waals surface area contributed by atoms with Gasteiger partial charge < -0.3 is 24.0 Å². The second-order valence-electron chi connectivity index (χ2n) is 6.39. The highest BCUT2D eigenvalue weighted by Gasteiger charge is 2.23. The summed E-state index contributed by atoms with van der Waals surface area (Å²) >= 11 is 0. The van der Waals surface area contributed by atoms with E-state index >= 15 is 0 Å². The molecule has 0 bridgehead atoms. The lowest BCUT2D eigenvalue weighted by molar-refractivity contribution is 0.0600. The van der Waals surface area contributed by atoms with Gasteiger partial charge in [0.05, 0.1) is 26.9 Å². The SMILES string of the molecule is COC(=O)c1ccc(N2CCN(C(=O)c3ccc(OC)c(OC)c3)CC2)cc1. The first-order chi connectivity index (χ1) is 13.6. The number of hydrogen-bond acceptors (Lipinski definition) is 6. The quantitative estimate of drug-likeness (QED) is 0.738. The number of methoxy groups -OCH3 is 3. The first kappa shape index (κ1) is 19.5. The van der Waals surface area contributed by atoms with E-state index in [1.165, 1.54) is 7.11 Å². The number of rotatable bonds is 5. The Morgan fingerprint density at radius 1 is 0.786 bits per heavy atom. The summed E-state index contributed by atoms with van der Waals surface area (Å²) in [4.78, 5) is 28.4. The molecule has 0 saturated carbocycles. The molecule has 0 atom stereocenters. The number of hydrogen-bond donors (Lipinski definition) is 0. The predicted molar refractivity (Wildman–Crippen MR) is 105 cm³/mol. The highest BCUT2D eigenvalue weighted by molar-refractivity contribution is 5.95. The van der Waals surface area contributed by atoms with Crippen molar-refractivity contribution in [2.75, 3.05) is 52.4 Å². The van der Waals surface area contributed by atoms with Crippen LogP contribution in [0.2, 0.25) is 0 Å². The molecule has 1 fully saturated rings. The van der Waals surface area contributed by atoms with Crippen LogP contribution >= 0.6 is 0 Å². The fourth-order valence-corrected chi connectivity index (χ4v) is 3.25. The fraction of sp³-hybridized carbons (Fsp3) is 0.333. The fourth-order valence-electron chi connectivity index (χ4n) is 3.25. The van der Waals surface area contributed by atoms with Gasteiger partial charge in [-0.05, 0) is 42.5 Å². The third-order valence-corrected chi connectivity index (χ3v) is 4.85. The summed E-state index contributed by atoms with van der Waals surface area (Å²) in [5, 5.41) is 0. The molecule has 7 heteroatoms. The average Bonchev–Trinajstić information content (AvgIpc) is 2.77. The Labute approximate surface area is 164 Å². The molecule has 28 heavy (non-hydrogen) atoms. The number of nitrogens with zero attached hydrogens (tertiary/aromatic N) is 2. The van der Waals surface area contributed by atoms with E-state index in [0.29, 0.717) is 35.7 Å². The van der Waals surface area contributed by atoms with Crippen LogP contribution in [0.15, 0.2) is 42.5 Å². The summed E-state index contributed by atoms with van der Waals surface area (Å²) in [5.74, 6) is 0.760. The van der Waals surface area contributed by atoms with E-state index in [1.807, 2.05) is 17.0 Å². The summed E-state index contributed by atoms with van der Waals surface area (Å²) in [7, 11) is 4.48. The predicted octanol–water partition coefficient (Wildman–Crippen LogP) is 2.45. The molecule has 0 N–H and O–H groups in total. The van der Waals surface area contributed by atoms with E-state index in [2.05, 4.69) is 4.90 Å². The Bertz CT molecular complexity index is 842. The number of esters is 1. The van der Waals surface area contributed by atoms with Crippen molar-refractivity contribution in [3.05, 3.63) is 53.6 Å². The highest BCUT2D eigenvalue weighted by atomic mass is 16.5. The smallest absolute Gasteiger partial charge is 0.337 e. The van der Waals surface area contributed by atoms with Crippen molar-refractivity contribution in [2.45, 2.75) is 0 Å². The van der Waals surface area contributed by atoms with E-state index in [9.17, 15) is 9.59 Å². The lowest BCUT2D eigenvalue weighted by Gasteiger charge is -2.36. The summed E-state index contributed by atoms with van der Waals surface area (Å²) in [5.41, 5.74) is 2.12. The topological polar surface area (TPSA) is 68.3 Å². The van der Waals surface area contributed by atoms with Crippen molar-refractivity contribution in [3.63, 3.8) is 0 Å². The van der Waals surface area contributed by atoms with Gasteiger partial charge in [0, 0.05) is 37.4 Å². The number of amides is 1. The van der Waals surface area contributed by atoms with Gasteiger partial charge in [-0.2, -0.15) is 0 Å². The molecule has 0 aromatic heterocycles. The first-order valence-electron chi connectivity index (χ1n) is 9.02. The van der Waals surface area contributed by atoms with E-state index in [4.69, 9.17) is 14.2 Å². The van der Waals surface area contributed by atoms with Crippen molar-refractivity contribution >= 4 is 17.6 Å². The third kappa shape index (κ3) is 4.03. The number of anilines is 1. The van der Waals surface area contributed by atoms with Crippen LogP contribution in [0.4, 0.5) is 5.69 Å². The molecule has 3 rings (SSSR count). The van der Waals surface area contributed by atoms with Crippen LogP contribution in [0, 0.1) is 0 Å². The normalized spacial score (nSPS) is 13.8. The number of benzene rings is 2. The van der Waals surface area contributed by atoms with Gasteiger partial charge in [0.15, 0.2) is 11.5 Å². The summed E-state index contributed by atoms with van der Waals surface area (Å²) in [6.45, 7) is 2.67. The van der Waals surface area contributed by atoms with Crippen LogP contribution < -0.4 is 14.4 Å². The second-order valence-corrected chi connectivity index (χ2v) is 6.39. The van der Waals surface area contributed by atoms with E-state index < -0.39 is 0 Å². The maximum Gasteiger partial charge on any atom is 0.337 e. The van der Waals surface area contributed by atoms with Crippen LogP contribution in [0.25, 0.3) is 0 Å². The van der Waals surface area contributed by atoms with Gasteiger partial charge in [-0.25, -0.2) is 4.79 Å². The Morgan fingerprint density at radius 2 is 1.39 bits per heavy atom. The van der Waals surface area contributed by atoms with Crippen LogP contribution in [-0.4, -0.2) is 64.3 Å². The lowest BCUT2D eigenvalue weighted by atomic mass is 10.1. The van der Waals surface area contributed by atoms with E-state index in [0.717, 1.165) is 18.8 Å². The first-order valence-corrected chi connectivity index (χ1v) is 9.02. The zero-order valence-electron chi connectivity index (χ0n) is 16.3. The molecule has 0 radical (unpaired) electrons. The van der Waals surface area contributed by atoms with Gasteiger partial charge in [-0.15, -0.1) is 0 Å². The Kier molecular flexibility index (Phi) is 6.03. The highest BCUT2D eigenvalue weighted by Crippen LogP contribution is 2.28. The van der Waals surface area contributed by atoms with Crippen LogP contribution in [-0.2, 0) is 4.74 Å². The zero-order valence-corrected chi connectivity index (χ0v) is 16.3. The van der Waals surface area contributed by atoms with Gasteiger partial charge in [-0.3, -0.25) is 4.79 Å². The number of carbonyl (C=O) groups excluding carboxylic acids is 2. The maximum atomic E-state index is 12.8. The van der Waals surface area contributed by atoms with Crippen molar-refractivity contribution in [3.8, 4) is 11.5 Å². The zero-order chi connectivity index (χ0) is 20.1. The van der Waals surface area contributed by atoms with Crippen molar-refractivity contribution in [2.24, 2.45) is 0 Å². The van der Waals surface area contributed by atoms with E-state index in [-0.39, 0.29) is 11.9 Å². The molecular weight excluding hydrogens is 360 g/mol. The Balaban J connectivity index is 1.63. The molecule has 2 aromatic rings. The molecule has 2 aromatic carbocycles. The van der Waals surface area contributed by atoms with Gasteiger partial charge >= 0.3 is 5.97 Å².